The summed E-state index contributed by atoms with van der Waals surface area (Å²) in [6.07, 6.45) is 0. The van der Waals surface area contributed by atoms with E-state index in [1.165, 1.54) is 6.07 Å². The summed E-state index contributed by atoms with van der Waals surface area (Å²) in [5, 5.41) is 26.0. The largest absolute Gasteiger partial charge is 0.483 e. The van der Waals surface area contributed by atoms with Crippen LogP contribution in [0.25, 0.3) is 22.3 Å². The smallest absolute Gasteiger partial charge is 0.458 e. The first-order valence-electron chi connectivity index (χ1n) is 9.27. The second-order valence-corrected chi connectivity index (χ2v) is 7.03. The number of halogens is 1. The van der Waals surface area contributed by atoms with Crippen molar-refractivity contribution in [3.8, 4) is 23.0 Å². The van der Waals surface area contributed by atoms with E-state index in [4.69, 9.17) is 26.2 Å². The molecule has 0 aliphatic heterocycles. The Hall–Kier alpha value is -3.95. The monoisotopic (exact) mass is 456 g/mol. The van der Waals surface area contributed by atoms with Crippen molar-refractivity contribution < 1.29 is 34.6 Å². The predicted octanol–water partition coefficient (Wildman–Crippen LogP) is 3.69. The number of aliphatic hydroxyl groups is 1. The van der Waals surface area contributed by atoms with E-state index in [1.807, 2.05) is 12.1 Å². The Bertz CT molecular complexity index is 1290. The number of aromatic nitrogens is 3. The number of carbonyl (C=O) groups is 2. The number of H-pyrrole nitrogens is 2. The van der Waals surface area contributed by atoms with Crippen molar-refractivity contribution in [1.29, 1.82) is 0 Å². The number of imidazole rings is 1. The van der Waals surface area contributed by atoms with Crippen LogP contribution in [-0.4, -0.2) is 37.7 Å². The maximum atomic E-state index is 11.3. The van der Waals surface area contributed by atoms with Crippen LogP contribution in [0.15, 0.2) is 48.5 Å². The lowest BCUT2D eigenvalue weighted by Gasteiger charge is -2.04. The number of fused-ring (bicyclic) bond motifs is 1. The molecule has 0 unspecified atom stereocenters. The van der Waals surface area contributed by atoms with Gasteiger partial charge in [0.15, 0.2) is 11.0 Å². The van der Waals surface area contributed by atoms with Gasteiger partial charge in [0.2, 0.25) is 0 Å². The quantitative estimate of drug-likeness (QED) is 0.335. The summed E-state index contributed by atoms with van der Waals surface area (Å²) in [6, 6.07) is 14.1. The topological polar surface area (TPSA) is 147 Å². The van der Waals surface area contributed by atoms with Gasteiger partial charge in [0.1, 0.15) is 5.75 Å². The zero-order valence-corrected chi connectivity index (χ0v) is 17.6. The summed E-state index contributed by atoms with van der Waals surface area (Å²) in [7, 11) is 0. The minimum absolute atomic E-state index is 0.156. The number of aryl methyl sites for hydroxylation is 1. The predicted molar refractivity (Wildman–Crippen MR) is 116 cm³/mol. The van der Waals surface area contributed by atoms with Crippen molar-refractivity contribution in [3.05, 3.63) is 70.4 Å². The molecule has 2 aromatic carbocycles. The SMILES string of the molecule is Cc1ccc(Oc2[nH]c3cc(Cl)c(-c4cccc(CO)n4)cc3[nH+]2)cc1C(=O)O.O=CO. The standard InChI is InChI=1S/C21H16ClN3O4.CH2O2/c1-11-5-6-13(7-14(11)20(27)28)29-21-24-18-8-15(16(22)9-19(18)25-21)17-4-2-3-12(10-26)23-17;2-1-3/h2-9,26H,10H2,1H3,(H,24,25)(H,27,28);1H,(H,2,3)/p+1. The van der Waals surface area contributed by atoms with Gasteiger partial charge in [-0.15, -0.1) is 0 Å². The molecule has 164 valence electrons. The number of aromatic amines is 2. The van der Waals surface area contributed by atoms with E-state index in [0.717, 1.165) is 11.0 Å². The Balaban J connectivity index is 0.000000913. The average Bonchev–Trinajstić information content (AvgIpc) is 3.15. The minimum Gasteiger partial charge on any atom is -0.483 e. The highest BCUT2D eigenvalue weighted by molar-refractivity contribution is 6.34. The number of carboxylic acids is 1. The van der Waals surface area contributed by atoms with Gasteiger partial charge < -0.3 is 20.1 Å². The van der Waals surface area contributed by atoms with Crippen molar-refractivity contribution in [1.82, 2.24) is 9.97 Å². The molecule has 0 spiro atoms. The number of hydrogen-bond donors (Lipinski definition) is 4. The Morgan fingerprint density at radius 3 is 2.69 bits per heavy atom. The van der Waals surface area contributed by atoms with E-state index in [9.17, 15) is 15.0 Å². The number of hydrogen-bond acceptors (Lipinski definition) is 5. The third-order valence-electron chi connectivity index (χ3n) is 4.51. The van der Waals surface area contributed by atoms with E-state index in [2.05, 4.69) is 15.0 Å². The molecule has 2 heterocycles. The zero-order chi connectivity index (χ0) is 23.3. The number of pyridine rings is 1. The summed E-state index contributed by atoms with van der Waals surface area (Å²) in [5.74, 6) is -0.623. The number of carboxylic acid groups (broad SMARTS) is 2. The lowest BCUT2D eigenvalue weighted by molar-refractivity contribution is -0.359. The number of aliphatic hydroxyl groups excluding tert-OH is 1. The van der Waals surface area contributed by atoms with Crippen LogP contribution in [-0.2, 0) is 11.4 Å². The fourth-order valence-electron chi connectivity index (χ4n) is 3.03. The molecule has 0 saturated heterocycles. The van der Waals surface area contributed by atoms with Crippen LogP contribution >= 0.6 is 11.6 Å². The molecular formula is C22H19ClN3O6+. The van der Waals surface area contributed by atoms with Crippen molar-refractivity contribution in [2.24, 2.45) is 0 Å². The molecular weight excluding hydrogens is 438 g/mol. The van der Waals surface area contributed by atoms with E-state index in [1.54, 1.807) is 37.3 Å². The van der Waals surface area contributed by atoms with Gasteiger partial charge in [-0.3, -0.25) is 9.78 Å². The maximum absolute atomic E-state index is 11.3. The highest BCUT2D eigenvalue weighted by Crippen LogP contribution is 2.31. The van der Waals surface area contributed by atoms with Crippen LogP contribution in [0.4, 0.5) is 0 Å². The first kappa shape index (κ1) is 22.7. The number of aromatic carboxylic acids is 1. The molecule has 5 N–H and O–H groups in total. The molecule has 10 heteroatoms. The van der Waals surface area contributed by atoms with Crippen LogP contribution in [0.3, 0.4) is 0 Å². The van der Waals surface area contributed by atoms with Crippen molar-refractivity contribution in [2.45, 2.75) is 13.5 Å². The van der Waals surface area contributed by atoms with Crippen LogP contribution in [0, 0.1) is 6.92 Å². The van der Waals surface area contributed by atoms with Gasteiger partial charge in [-0.05, 0) is 36.8 Å². The number of benzene rings is 2. The lowest BCUT2D eigenvalue weighted by atomic mass is 10.1. The van der Waals surface area contributed by atoms with Gasteiger partial charge in [-0.1, -0.05) is 23.7 Å². The molecule has 4 rings (SSSR count). The lowest BCUT2D eigenvalue weighted by Crippen LogP contribution is -2.04. The molecule has 0 amide bonds. The number of nitrogens with zero attached hydrogens (tertiary/aromatic N) is 1. The van der Waals surface area contributed by atoms with Gasteiger partial charge in [0.25, 0.3) is 6.47 Å². The summed E-state index contributed by atoms with van der Waals surface area (Å²) >= 11 is 6.43. The highest BCUT2D eigenvalue weighted by atomic mass is 35.5. The molecule has 0 radical (unpaired) electrons. The maximum Gasteiger partial charge on any atom is 0.458 e. The normalized spacial score (nSPS) is 10.3. The van der Waals surface area contributed by atoms with Crippen molar-refractivity contribution in [3.63, 3.8) is 0 Å². The van der Waals surface area contributed by atoms with Gasteiger partial charge in [-0.2, -0.15) is 0 Å². The van der Waals surface area contributed by atoms with Crippen molar-refractivity contribution in [2.75, 3.05) is 0 Å². The highest BCUT2D eigenvalue weighted by Gasteiger charge is 2.17. The Morgan fingerprint density at radius 1 is 1.25 bits per heavy atom. The van der Waals surface area contributed by atoms with Crippen LogP contribution in [0.1, 0.15) is 21.6 Å². The second-order valence-electron chi connectivity index (χ2n) is 6.62. The van der Waals surface area contributed by atoms with Gasteiger partial charge in [0, 0.05) is 17.7 Å². The van der Waals surface area contributed by atoms with Gasteiger partial charge >= 0.3 is 12.0 Å². The van der Waals surface area contributed by atoms with E-state index >= 15 is 0 Å². The summed E-state index contributed by atoms with van der Waals surface area (Å²) in [4.78, 5) is 30.3. The van der Waals surface area contributed by atoms with Crippen LogP contribution in [0.2, 0.25) is 5.02 Å². The third-order valence-corrected chi connectivity index (χ3v) is 4.82. The van der Waals surface area contributed by atoms with Crippen LogP contribution in [0.5, 0.6) is 11.8 Å². The molecule has 0 saturated carbocycles. The minimum atomic E-state index is -1.01. The fourth-order valence-corrected chi connectivity index (χ4v) is 3.29. The molecule has 4 aromatic rings. The van der Waals surface area contributed by atoms with Gasteiger partial charge in [0.05, 0.1) is 28.6 Å². The molecule has 9 nitrogen and oxygen atoms in total. The average molecular weight is 457 g/mol. The first-order chi connectivity index (χ1) is 15.4. The Morgan fingerprint density at radius 2 is 2.00 bits per heavy atom. The molecule has 2 aromatic heterocycles. The Labute approximate surface area is 186 Å². The molecule has 0 atom stereocenters. The van der Waals surface area contributed by atoms with E-state index < -0.39 is 5.97 Å². The second kappa shape index (κ2) is 9.90. The van der Waals surface area contributed by atoms with E-state index in [0.29, 0.717) is 39.3 Å². The number of nitrogens with one attached hydrogen (secondary N) is 2. The molecule has 0 aliphatic carbocycles. The molecule has 0 fully saturated rings. The summed E-state index contributed by atoms with van der Waals surface area (Å²) in [6.45, 7) is 1.32. The van der Waals surface area contributed by atoms with Crippen molar-refractivity contribution >= 4 is 35.1 Å². The Kier molecular flexibility index (Phi) is 7.04. The summed E-state index contributed by atoms with van der Waals surface area (Å²) < 4.78 is 5.76. The fraction of sp³-hybridized carbons (Fsp3) is 0.0909. The van der Waals surface area contributed by atoms with Gasteiger partial charge in [-0.25, -0.2) is 14.8 Å². The molecule has 0 aliphatic rings. The first-order valence-corrected chi connectivity index (χ1v) is 9.65. The third kappa shape index (κ3) is 5.02. The van der Waals surface area contributed by atoms with Crippen LogP contribution < -0.4 is 9.72 Å². The van der Waals surface area contributed by atoms with E-state index in [-0.39, 0.29) is 18.6 Å². The zero-order valence-electron chi connectivity index (χ0n) is 16.8. The molecule has 32 heavy (non-hydrogen) atoms. The summed E-state index contributed by atoms with van der Waals surface area (Å²) in [5.41, 5.74) is 4.19. The number of ether oxygens (including phenoxy) is 1. The number of rotatable bonds is 5. The molecule has 0 bridgehead atoms.